The Morgan fingerprint density at radius 1 is 1.28 bits per heavy atom. The van der Waals surface area contributed by atoms with Gasteiger partial charge in [-0.05, 0) is 39.8 Å². The molecule has 102 valence electrons. The van der Waals surface area contributed by atoms with Gasteiger partial charge in [0.25, 0.3) is 0 Å². The molecule has 1 fully saturated rings. The summed E-state index contributed by atoms with van der Waals surface area (Å²) in [5.74, 6) is -1.12. The fraction of sp³-hybridized carbons (Fsp3) is 0.750. The number of hydrogen-bond acceptors (Lipinski definition) is 3. The van der Waals surface area contributed by atoms with Gasteiger partial charge in [-0.2, -0.15) is 13.2 Å². The van der Waals surface area contributed by atoms with Crippen LogP contribution in [-0.4, -0.2) is 29.1 Å². The van der Waals surface area contributed by atoms with Crippen LogP contribution in [0.4, 0.5) is 13.2 Å². The molecule has 1 aromatic rings. The van der Waals surface area contributed by atoms with Crippen LogP contribution in [0.25, 0.3) is 0 Å². The van der Waals surface area contributed by atoms with E-state index in [0.29, 0.717) is 19.6 Å². The summed E-state index contributed by atoms with van der Waals surface area (Å²) in [7, 11) is 0. The molecule has 1 aliphatic rings. The molecule has 2 nitrogen and oxygen atoms in total. The topological polar surface area (TPSA) is 16.1 Å². The summed E-state index contributed by atoms with van der Waals surface area (Å²) in [6.45, 7) is 5.70. The molecule has 0 atom stereocenters. The molecule has 0 aromatic carbocycles. The van der Waals surface area contributed by atoms with Crippen LogP contribution in [0.5, 0.6) is 0 Å². The molecule has 0 amide bonds. The van der Waals surface area contributed by atoms with E-state index in [9.17, 15) is 13.2 Å². The molecule has 0 N–H and O–H groups in total. The zero-order valence-corrected chi connectivity index (χ0v) is 11.4. The molecule has 0 spiro atoms. The molecular weight excluding hydrogens is 261 g/mol. The van der Waals surface area contributed by atoms with Gasteiger partial charge in [0, 0.05) is 4.88 Å². The Balaban J connectivity index is 1.87. The lowest BCUT2D eigenvalue weighted by Crippen LogP contribution is -2.38. The van der Waals surface area contributed by atoms with Crippen LogP contribution in [0.15, 0.2) is 0 Å². The van der Waals surface area contributed by atoms with Crippen LogP contribution < -0.4 is 0 Å². The third-order valence-corrected chi connectivity index (χ3v) is 4.54. The molecular formula is C12H17F3N2S. The number of nitrogens with zero attached hydrogens (tertiary/aromatic N) is 2. The predicted octanol–water partition coefficient (Wildman–Crippen LogP) is 3.53. The third-order valence-electron chi connectivity index (χ3n) is 3.48. The SMILES string of the molecule is Cc1nc(CN2CCC(C(F)(F)F)CC2)sc1C. The molecule has 1 aliphatic heterocycles. The van der Waals surface area contributed by atoms with Gasteiger partial charge >= 0.3 is 6.18 Å². The van der Waals surface area contributed by atoms with Gasteiger partial charge in [-0.1, -0.05) is 0 Å². The molecule has 0 aliphatic carbocycles. The highest BCUT2D eigenvalue weighted by atomic mass is 32.1. The second-order valence-electron chi connectivity index (χ2n) is 4.84. The largest absolute Gasteiger partial charge is 0.391 e. The van der Waals surface area contributed by atoms with Crippen molar-refractivity contribution in [3.8, 4) is 0 Å². The van der Waals surface area contributed by atoms with E-state index in [1.54, 1.807) is 11.3 Å². The van der Waals surface area contributed by atoms with E-state index in [1.807, 2.05) is 13.8 Å². The second-order valence-corrected chi connectivity index (χ2v) is 6.13. The fourth-order valence-electron chi connectivity index (χ4n) is 2.22. The van der Waals surface area contributed by atoms with Gasteiger partial charge in [0.1, 0.15) is 5.01 Å². The Labute approximate surface area is 109 Å². The van der Waals surface area contributed by atoms with E-state index < -0.39 is 12.1 Å². The molecule has 2 heterocycles. The molecule has 0 radical (unpaired) electrons. The van der Waals surface area contributed by atoms with Crippen LogP contribution in [0, 0.1) is 19.8 Å². The zero-order valence-electron chi connectivity index (χ0n) is 10.5. The Hall–Kier alpha value is -0.620. The van der Waals surface area contributed by atoms with E-state index in [1.165, 1.54) is 4.88 Å². The monoisotopic (exact) mass is 278 g/mol. The fourth-order valence-corrected chi connectivity index (χ4v) is 3.19. The molecule has 0 saturated carbocycles. The molecule has 6 heteroatoms. The Morgan fingerprint density at radius 2 is 1.89 bits per heavy atom. The molecule has 1 saturated heterocycles. The minimum atomic E-state index is -4.03. The van der Waals surface area contributed by atoms with Crippen molar-refractivity contribution in [2.75, 3.05) is 13.1 Å². The van der Waals surface area contributed by atoms with E-state index in [2.05, 4.69) is 9.88 Å². The first-order valence-corrected chi connectivity index (χ1v) is 6.90. The number of likely N-dealkylation sites (tertiary alicyclic amines) is 1. The van der Waals surface area contributed by atoms with Crippen molar-refractivity contribution in [3.05, 3.63) is 15.6 Å². The summed E-state index contributed by atoms with van der Waals surface area (Å²) < 4.78 is 37.6. The average Bonchev–Trinajstić information content (AvgIpc) is 2.57. The van der Waals surface area contributed by atoms with Gasteiger partial charge in [0.15, 0.2) is 0 Å². The van der Waals surface area contributed by atoms with Crippen LogP contribution in [0.2, 0.25) is 0 Å². The van der Waals surface area contributed by atoms with E-state index in [0.717, 1.165) is 10.7 Å². The normalized spacial score (nSPS) is 19.4. The predicted molar refractivity (Wildman–Crippen MR) is 65.6 cm³/mol. The van der Waals surface area contributed by atoms with E-state index >= 15 is 0 Å². The molecule has 1 aromatic heterocycles. The molecule has 0 unspecified atom stereocenters. The van der Waals surface area contributed by atoms with Crippen LogP contribution >= 0.6 is 11.3 Å². The minimum Gasteiger partial charge on any atom is -0.297 e. The third kappa shape index (κ3) is 3.23. The quantitative estimate of drug-likeness (QED) is 0.822. The van der Waals surface area contributed by atoms with Crippen molar-refractivity contribution < 1.29 is 13.2 Å². The zero-order chi connectivity index (χ0) is 13.3. The van der Waals surface area contributed by atoms with Crippen molar-refractivity contribution in [2.45, 2.75) is 39.4 Å². The van der Waals surface area contributed by atoms with Gasteiger partial charge in [-0.15, -0.1) is 11.3 Å². The van der Waals surface area contributed by atoms with Crippen LogP contribution in [0.3, 0.4) is 0 Å². The Morgan fingerprint density at radius 3 is 2.33 bits per heavy atom. The van der Waals surface area contributed by atoms with Crippen molar-refractivity contribution >= 4 is 11.3 Å². The van der Waals surface area contributed by atoms with Crippen LogP contribution in [-0.2, 0) is 6.54 Å². The number of rotatable bonds is 2. The maximum absolute atomic E-state index is 12.5. The number of hydrogen-bond donors (Lipinski definition) is 0. The molecule has 2 rings (SSSR count). The number of halogens is 3. The average molecular weight is 278 g/mol. The van der Waals surface area contributed by atoms with Gasteiger partial charge in [-0.3, -0.25) is 4.90 Å². The number of aromatic nitrogens is 1. The maximum atomic E-state index is 12.5. The first-order valence-electron chi connectivity index (χ1n) is 6.08. The number of alkyl halides is 3. The maximum Gasteiger partial charge on any atom is 0.391 e. The highest BCUT2D eigenvalue weighted by molar-refractivity contribution is 7.11. The van der Waals surface area contributed by atoms with E-state index in [-0.39, 0.29) is 12.8 Å². The van der Waals surface area contributed by atoms with Gasteiger partial charge < -0.3 is 0 Å². The molecule has 0 bridgehead atoms. The van der Waals surface area contributed by atoms with Crippen molar-refractivity contribution in [2.24, 2.45) is 5.92 Å². The molecule has 18 heavy (non-hydrogen) atoms. The summed E-state index contributed by atoms with van der Waals surface area (Å²) >= 11 is 1.64. The highest BCUT2D eigenvalue weighted by Gasteiger charge is 2.41. The summed E-state index contributed by atoms with van der Waals surface area (Å²) in [5, 5.41) is 1.01. The summed E-state index contributed by atoms with van der Waals surface area (Å²) in [5.41, 5.74) is 1.03. The summed E-state index contributed by atoms with van der Waals surface area (Å²) in [6.07, 6.45) is -3.60. The number of aryl methyl sites for hydroxylation is 2. The Kier molecular flexibility index (Phi) is 3.96. The van der Waals surface area contributed by atoms with Crippen molar-refractivity contribution in [1.29, 1.82) is 0 Å². The van der Waals surface area contributed by atoms with Gasteiger partial charge in [-0.25, -0.2) is 4.98 Å². The van der Waals surface area contributed by atoms with Crippen molar-refractivity contribution in [1.82, 2.24) is 9.88 Å². The highest BCUT2D eigenvalue weighted by Crippen LogP contribution is 2.34. The van der Waals surface area contributed by atoms with Gasteiger partial charge in [0.2, 0.25) is 0 Å². The second kappa shape index (κ2) is 5.17. The smallest absolute Gasteiger partial charge is 0.297 e. The van der Waals surface area contributed by atoms with E-state index in [4.69, 9.17) is 0 Å². The van der Waals surface area contributed by atoms with Crippen LogP contribution in [0.1, 0.15) is 28.4 Å². The first kappa shape index (κ1) is 13.8. The number of thiazole rings is 1. The lowest BCUT2D eigenvalue weighted by molar-refractivity contribution is -0.185. The van der Waals surface area contributed by atoms with Gasteiger partial charge in [0.05, 0.1) is 18.2 Å². The number of piperidine rings is 1. The lowest BCUT2D eigenvalue weighted by Gasteiger charge is -2.32. The first-order chi connectivity index (χ1) is 8.36. The lowest BCUT2D eigenvalue weighted by atomic mass is 9.96. The van der Waals surface area contributed by atoms with Crippen molar-refractivity contribution in [3.63, 3.8) is 0 Å². The standard InChI is InChI=1S/C12H17F3N2S/c1-8-9(2)18-11(16-8)7-17-5-3-10(4-6-17)12(13,14)15/h10H,3-7H2,1-2H3. The Bertz CT molecular complexity index is 386. The minimum absolute atomic E-state index is 0.215. The summed E-state index contributed by atoms with van der Waals surface area (Å²) in [4.78, 5) is 7.69. The summed E-state index contributed by atoms with van der Waals surface area (Å²) in [6, 6.07) is 0.